The lowest BCUT2D eigenvalue weighted by Crippen LogP contribution is -1.79. The van der Waals surface area contributed by atoms with Crippen molar-refractivity contribution in [3.63, 3.8) is 0 Å². The van der Waals surface area contributed by atoms with Gasteiger partial charge in [-0.2, -0.15) is 0 Å². The average Bonchev–Trinajstić information content (AvgIpc) is 2.07. The summed E-state index contributed by atoms with van der Waals surface area (Å²) in [4.78, 5) is 2.63. The molecule has 0 radical (unpaired) electrons. The van der Waals surface area contributed by atoms with Gasteiger partial charge >= 0.3 is 0 Å². The van der Waals surface area contributed by atoms with E-state index in [4.69, 9.17) is 28.7 Å². The highest BCUT2D eigenvalue weighted by Gasteiger charge is 1.97. The van der Waals surface area contributed by atoms with Gasteiger partial charge in [0.05, 0.1) is 16.6 Å². The minimum atomic E-state index is 0.299. The molecule has 0 saturated carbocycles. The van der Waals surface area contributed by atoms with Crippen LogP contribution in [-0.2, 0) is 6.54 Å². The van der Waals surface area contributed by atoms with Crippen molar-refractivity contribution in [2.45, 2.75) is 6.54 Å². The van der Waals surface area contributed by atoms with E-state index in [0.717, 1.165) is 5.56 Å². The highest BCUT2D eigenvalue weighted by Crippen LogP contribution is 2.22. The molecule has 0 unspecified atom stereocenters. The summed E-state index contributed by atoms with van der Waals surface area (Å²) in [5.74, 6) is 0. The molecule has 0 aliphatic heterocycles. The number of rotatable bonds is 2. The Morgan fingerprint density at radius 3 is 2.67 bits per heavy atom. The second-order valence-corrected chi connectivity index (χ2v) is 2.95. The quantitative estimate of drug-likeness (QED) is 0.397. The Morgan fingerprint density at radius 2 is 2.08 bits per heavy atom. The lowest BCUT2D eigenvalue weighted by molar-refractivity contribution is 1.05. The molecule has 0 atom stereocenters. The zero-order valence-corrected chi connectivity index (χ0v) is 7.55. The third-order valence-electron chi connectivity index (χ3n) is 1.30. The van der Waals surface area contributed by atoms with Crippen LogP contribution in [0.5, 0.6) is 0 Å². The number of hydrogen-bond donors (Lipinski definition) is 0. The Balaban J connectivity index is 2.89. The van der Waals surface area contributed by atoms with Crippen molar-refractivity contribution < 1.29 is 0 Å². The Bertz CT molecular complexity index is 331. The molecule has 0 aliphatic carbocycles. The van der Waals surface area contributed by atoms with Crippen molar-refractivity contribution in [3.8, 4) is 0 Å². The molecule has 0 amide bonds. The fourth-order valence-corrected chi connectivity index (χ4v) is 1.07. The van der Waals surface area contributed by atoms with Crippen LogP contribution in [-0.4, -0.2) is 0 Å². The number of hydrogen-bond acceptors (Lipinski definition) is 1. The number of azide groups is 1. The average molecular weight is 202 g/mol. The maximum atomic E-state index is 8.05. The summed E-state index contributed by atoms with van der Waals surface area (Å²) >= 11 is 11.4. The van der Waals surface area contributed by atoms with Crippen LogP contribution in [0.1, 0.15) is 5.56 Å². The van der Waals surface area contributed by atoms with E-state index in [1.54, 1.807) is 18.2 Å². The second-order valence-electron chi connectivity index (χ2n) is 2.14. The van der Waals surface area contributed by atoms with Crippen molar-refractivity contribution in [2.75, 3.05) is 0 Å². The van der Waals surface area contributed by atoms with Gasteiger partial charge in [-0.3, -0.25) is 0 Å². The van der Waals surface area contributed by atoms with E-state index in [2.05, 4.69) is 10.0 Å². The van der Waals surface area contributed by atoms with Gasteiger partial charge in [0, 0.05) is 4.91 Å². The summed E-state index contributed by atoms with van der Waals surface area (Å²) < 4.78 is 0. The zero-order chi connectivity index (χ0) is 8.97. The lowest BCUT2D eigenvalue weighted by Gasteiger charge is -1.97. The fraction of sp³-hybridized carbons (Fsp3) is 0.143. The first-order valence-electron chi connectivity index (χ1n) is 3.19. The maximum absolute atomic E-state index is 8.05. The third kappa shape index (κ3) is 2.31. The molecular weight excluding hydrogens is 197 g/mol. The van der Waals surface area contributed by atoms with E-state index in [9.17, 15) is 0 Å². The van der Waals surface area contributed by atoms with Crippen molar-refractivity contribution in [1.82, 2.24) is 0 Å². The molecule has 0 aromatic heterocycles. The highest BCUT2D eigenvalue weighted by molar-refractivity contribution is 6.41. The molecule has 0 spiro atoms. The number of benzene rings is 1. The maximum Gasteiger partial charge on any atom is 0.0595 e. The van der Waals surface area contributed by atoms with Gasteiger partial charge in [-0.25, -0.2) is 0 Å². The molecule has 12 heavy (non-hydrogen) atoms. The predicted molar refractivity (Wildman–Crippen MR) is 49.3 cm³/mol. The minimum Gasteiger partial charge on any atom is -0.0893 e. The van der Waals surface area contributed by atoms with Crippen LogP contribution in [0.15, 0.2) is 23.3 Å². The summed E-state index contributed by atoms with van der Waals surface area (Å²) in [6, 6.07) is 5.12. The molecule has 0 saturated heterocycles. The molecule has 1 rings (SSSR count). The normalized spacial score (nSPS) is 9.17. The molecule has 0 N–H and O–H groups in total. The van der Waals surface area contributed by atoms with Crippen molar-refractivity contribution in [3.05, 3.63) is 44.3 Å². The van der Waals surface area contributed by atoms with Crippen LogP contribution >= 0.6 is 23.2 Å². The topological polar surface area (TPSA) is 48.8 Å². The first-order valence-corrected chi connectivity index (χ1v) is 3.94. The van der Waals surface area contributed by atoms with Crippen LogP contribution in [0.25, 0.3) is 10.4 Å². The summed E-state index contributed by atoms with van der Waals surface area (Å²) in [5.41, 5.74) is 8.90. The largest absolute Gasteiger partial charge is 0.0893 e. The molecule has 1 aromatic rings. The third-order valence-corrected chi connectivity index (χ3v) is 2.04. The first-order chi connectivity index (χ1) is 5.74. The van der Waals surface area contributed by atoms with Crippen LogP contribution in [0.3, 0.4) is 0 Å². The standard InChI is InChI=1S/C7H5Cl2N3/c8-6-2-1-5(3-7(6)9)4-11-12-10/h1-3H,4H2. The Labute approximate surface area is 79.5 Å². The molecule has 0 aliphatic rings. The second kappa shape index (κ2) is 4.21. The van der Waals surface area contributed by atoms with Gasteiger partial charge in [-0.15, -0.1) is 0 Å². The van der Waals surface area contributed by atoms with Crippen LogP contribution in [0, 0.1) is 0 Å². The first kappa shape index (κ1) is 9.20. The van der Waals surface area contributed by atoms with E-state index in [0.29, 0.717) is 16.6 Å². The van der Waals surface area contributed by atoms with Gasteiger partial charge in [0.1, 0.15) is 0 Å². The van der Waals surface area contributed by atoms with Gasteiger partial charge < -0.3 is 0 Å². The van der Waals surface area contributed by atoms with E-state index in [1.165, 1.54) is 0 Å². The lowest BCUT2D eigenvalue weighted by atomic mass is 10.2. The molecule has 62 valence electrons. The van der Waals surface area contributed by atoms with E-state index in [1.807, 2.05) is 0 Å². The molecule has 0 heterocycles. The van der Waals surface area contributed by atoms with Crippen LogP contribution < -0.4 is 0 Å². The molecule has 5 heteroatoms. The Morgan fingerprint density at radius 1 is 1.33 bits per heavy atom. The summed E-state index contributed by atoms with van der Waals surface area (Å²) in [5, 5.41) is 4.37. The molecule has 0 bridgehead atoms. The highest BCUT2D eigenvalue weighted by atomic mass is 35.5. The van der Waals surface area contributed by atoms with E-state index >= 15 is 0 Å². The van der Waals surface area contributed by atoms with Crippen molar-refractivity contribution >= 4 is 23.2 Å². The Hall–Kier alpha value is -0.890. The van der Waals surface area contributed by atoms with Gasteiger partial charge in [0.15, 0.2) is 0 Å². The fourth-order valence-electron chi connectivity index (χ4n) is 0.751. The smallest absolute Gasteiger partial charge is 0.0595 e. The summed E-state index contributed by atoms with van der Waals surface area (Å²) in [7, 11) is 0. The minimum absolute atomic E-state index is 0.299. The molecular formula is C7H5Cl2N3. The monoisotopic (exact) mass is 201 g/mol. The van der Waals surface area contributed by atoms with Gasteiger partial charge in [0.25, 0.3) is 0 Å². The van der Waals surface area contributed by atoms with Crippen molar-refractivity contribution in [1.29, 1.82) is 0 Å². The van der Waals surface area contributed by atoms with Gasteiger partial charge in [-0.05, 0) is 23.2 Å². The predicted octanol–water partition coefficient (Wildman–Crippen LogP) is 3.80. The number of nitrogens with zero attached hydrogens (tertiary/aromatic N) is 3. The zero-order valence-electron chi connectivity index (χ0n) is 6.04. The van der Waals surface area contributed by atoms with Gasteiger partial charge in [0.2, 0.25) is 0 Å². The molecule has 3 nitrogen and oxygen atoms in total. The summed E-state index contributed by atoms with van der Waals surface area (Å²) in [6.45, 7) is 0.299. The molecule has 1 aromatic carbocycles. The van der Waals surface area contributed by atoms with Crippen LogP contribution in [0.2, 0.25) is 10.0 Å². The van der Waals surface area contributed by atoms with Crippen LogP contribution in [0.4, 0.5) is 0 Å². The SMILES string of the molecule is [N-]=[N+]=NCc1ccc(Cl)c(Cl)c1. The number of halogens is 2. The molecule has 0 fully saturated rings. The van der Waals surface area contributed by atoms with Gasteiger partial charge in [-0.1, -0.05) is 34.4 Å². The van der Waals surface area contributed by atoms with Crippen molar-refractivity contribution in [2.24, 2.45) is 5.11 Å². The van der Waals surface area contributed by atoms with E-state index in [-0.39, 0.29) is 0 Å². The summed E-state index contributed by atoms with van der Waals surface area (Å²) in [6.07, 6.45) is 0. The van der Waals surface area contributed by atoms with E-state index < -0.39 is 0 Å². The Kier molecular flexibility index (Phi) is 3.23.